The van der Waals surface area contributed by atoms with Crippen molar-refractivity contribution in [1.82, 2.24) is 9.97 Å². The molecule has 2 N–H and O–H groups in total. The number of hydrogen-bond acceptors (Lipinski definition) is 2. The van der Waals surface area contributed by atoms with E-state index in [4.69, 9.17) is 0 Å². The molecule has 0 spiro atoms. The van der Waals surface area contributed by atoms with Gasteiger partial charge in [0.2, 0.25) is 5.95 Å². The summed E-state index contributed by atoms with van der Waals surface area (Å²) >= 11 is 0. The Morgan fingerprint density at radius 3 is 2.65 bits per heavy atom. The molecule has 0 fully saturated rings. The van der Waals surface area contributed by atoms with Crippen molar-refractivity contribution < 1.29 is 0 Å². The summed E-state index contributed by atoms with van der Waals surface area (Å²) in [5.74, 6) is 1.50. The number of imidazole rings is 1. The van der Waals surface area contributed by atoms with Gasteiger partial charge in [-0.25, -0.2) is 4.98 Å². The van der Waals surface area contributed by atoms with Crippen molar-refractivity contribution in [1.29, 1.82) is 0 Å². The van der Waals surface area contributed by atoms with Crippen LogP contribution in [0.25, 0.3) is 11.0 Å². The van der Waals surface area contributed by atoms with Gasteiger partial charge in [0, 0.05) is 6.54 Å². The molecule has 2 rings (SSSR count). The van der Waals surface area contributed by atoms with E-state index in [2.05, 4.69) is 43.0 Å². The quantitative estimate of drug-likeness (QED) is 0.843. The van der Waals surface area contributed by atoms with Crippen LogP contribution >= 0.6 is 0 Å². The normalized spacial score (nSPS) is 12.3. The van der Waals surface area contributed by atoms with Crippen LogP contribution in [0.2, 0.25) is 0 Å². The second-order valence-electron chi connectivity index (χ2n) is 5.60. The lowest BCUT2D eigenvalue weighted by atomic mass is 9.81. The van der Waals surface area contributed by atoms with Crippen molar-refractivity contribution in [3.63, 3.8) is 0 Å². The minimum absolute atomic E-state index is 0.263. The van der Waals surface area contributed by atoms with E-state index in [0.717, 1.165) is 23.5 Å². The molecule has 0 unspecified atom stereocenters. The molecule has 0 aliphatic carbocycles. The van der Waals surface area contributed by atoms with Gasteiger partial charge in [0.15, 0.2) is 0 Å². The summed E-state index contributed by atoms with van der Waals surface area (Å²) in [6, 6.07) is 8.08. The number of anilines is 1. The summed E-state index contributed by atoms with van der Waals surface area (Å²) in [6.45, 7) is 9.96. The molecule has 1 aromatic heterocycles. The largest absolute Gasteiger partial charge is 0.355 e. The molecule has 0 atom stereocenters. The van der Waals surface area contributed by atoms with E-state index in [1.165, 1.54) is 0 Å². The van der Waals surface area contributed by atoms with Crippen LogP contribution in [0.15, 0.2) is 24.3 Å². The smallest absolute Gasteiger partial charge is 0.201 e. The molecule has 3 nitrogen and oxygen atoms in total. The second kappa shape index (κ2) is 4.40. The summed E-state index contributed by atoms with van der Waals surface area (Å²) in [6.07, 6.45) is 0. The highest BCUT2D eigenvalue weighted by Gasteiger charge is 2.22. The highest BCUT2D eigenvalue weighted by atomic mass is 15.1. The molecule has 0 aliphatic heterocycles. The van der Waals surface area contributed by atoms with Crippen LogP contribution in [0.5, 0.6) is 0 Å². The molecule has 0 aliphatic rings. The van der Waals surface area contributed by atoms with E-state index < -0.39 is 0 Å². The summed E-state index contributed by atoms with van der Waals surface area (Å²) in [5.41, 5.74) is 2.36. The number of aromatic amines is 1. The number of fused-ring (bicyclic) bond motifs is 1. The van der Waals surface area contributed by atoms with Gasteiger partial charge < -0.3 is 10.3 Å². The summed E-state index contributed by atoms with van der Waals surface area (Å²) in [5, 5.41) is 3.39. The maximum Gasteiger partial charge on any atom is 0.201 e. The fourth-order valence-electron chi connectivity index (χ4n) is 1.55. The zero-order valence-corrected chi connectivity index (χ0v) is 11.0. The molecule has 1 heterocycles. The maximum atomic E-state index is 4.51. The van der Waals surface area contributed by atoms with Crippen LogP contribution in [-0.4, -0.2) is 16.5 Å². The van der Waals surface area contributed by atoms with Crippen LogP contribution in [-0.2, 0) is 0 Å². The highest BCUT2D eigenvalue weighted by Crippen LogP contribution is 2.26. The van der Waals surface area contributed by atoms with Gasteiger partial charge in [0.25, 0.3) is 0 Å². The molecule has 92 valence electrons. The van der Waals surface area contributed by atoms with Crippen LogP contribution in [0.1, 0.15) is 27.7 Å². The number of hydrogen-bond donors (Lipinski definition) is 2. The van der Waals surface area contributed by atoms with Crippen molar-refractivity contribution in [2.24, 2.45) is 11.3 Å². The van der Waals surface area contributed by atoms with Gasteiger partial charge in [-0.2, -0.15) is 0 Å². The number of aromatic nitrogens is 2. The number of rotatable bonds is 4. The Balaban J connectivity index is 2.09. The van der Waals surface area contributed by atoms with Crippen molar-refractivity contribution in [3.8, 4) is 0 Å². The molecule has 0 saturated heterocycles. The van der Waals surface area contributed by atoms with Crippen LogP contribution in [0.3, 0.4) is 0 Å². The number of H-pyrrole nitrogens is 1. The first-order valence-electron chi connectivity index (χ1n) is 6.18. The number of nitrogens with zero attached hydrogens (tertiary/aromatic N) is 1. The van der Waals surface area contributed by atoms with E-state index in [-0.39, 0.29) is 5.41 Å². The Bertz CT molecular complexity index is 464. The Morgan fingerprint density at radius 1 is 1.29 bits per heavy atom. The molecule has 3 heteroatoms. The summed E-state index contributed by atoms with van der Waals surface area (Å²) in [7, 11) is 0. The Hall–Kier alpha value is -1.51. The summed E-state index contributed by atoms with van der Waals surface area (Å²) < 4.78 is 0. The lowest BCUT2D eigenvalue weighted by Gasteiger charge is -2.29. The Kier molecular flexibility index (Phi) is 3.09. The molecule has 0 bridgehead atoms. The molecular weight excluding hydrogens is 210 g/mol. The number of benzene rings is 1. The van der Waals surface area contributed by atoms with E-state index >= 15 is 0 Å². The van der Waals surface area contributed by atoms with E-state index in [1.807, 2.05) is 24.3 Å². The fraction of sp³-hybridized carbons (Fsp3) is 0.500. The van der Waals surface area contributed by atoms with Gasteiger partial charge in [-0.15, -0.1) is 0 Å². The van der Waals surface area contributed by atoms with Gasteiger partial charge in [-0.05, 0) is 23.5 Å². The predicted molar refractivity (Wildman–Crippen MR) is 73.2 cm³/mol. The van der Waals surface area contributed by atoms with Gasteiger partial charge in [-0.3, -0.25) is 0 Å². The number of nitrogens with one attached hydrogen (secondary N) is 2. The second-order valence-corrected chi connectivity index (χ2v) is 5.60. The summed E-state index contributed by atoms with van der Waals surface area (Å²) in [4.78, 5) is 7.79. The molecule has 0 amide bonds. The standard InChI is InChI=1S/C14H21N3/c1-10(2)14(3,4)9-15-13-16-11-7-5-6-8-12(11)17-13/h5-8,10H,9H2,1-4H3,(H2,15,16,17). The van der Waals surface area contributed by atoms with Crippen molar-refractivity contribution >= 4 is 17.0 Å². The third kappa shape index (κ3) is 2.60. The average molecular weight is 231 g/mol. The zero-order chi connectivity index (χ0) is 12.5. The predicted octanol–water partition coefficient (Wildman–Crippen LogP) is 3.66. The minimum Gasteiger partial charge on any atom is -0.355 e. The first-order chi connectivity index (χ1) is 7.99. The average Bonchev–Trinajstić information content (AvgIpc) is 2.69. The molecule has 2 aromatic rings. The lowest BCUT2D eigenvalue weighted by molar-refractivity contribution is 0.269. The Morgan fingerprint density at radius 2 is 2.00 bits per heavy atom. The maximum absolute atomic E-state index is 4.51. The van der Waals surface area contributed by atoms with Crippen LogP contribution < -0.4 is 5.32 Å². The SMILES string of the molecule is CC(C)C(C)(C)CNc1nc2ccccc2[nH]1. The molecule has 0 radical (unpaired) electrons. The number of para-hydroxylation sites is 2. The van der Waals surface area contributed by atoms with Gasteiger partial charge in [-0.1, -0.05) is 39.8 Å². The first-order valence-corrected chi connectivity index (χ1v) is 6.18. The first kappa shape index (κ1) is 12.0. The minimum atomic E-state index is 0.263. The third-order valence-electron chi connectivity index (χ3n) is 3.66. The van der Waals surface area contributed by atoms with E-state index in [0.29, 0.717) is 5.92 Å². The van der Waals surface area contributed by atoms with Crippen LogP contribution in [0.4, 0.5) is 5.95 Å². The molecule has 1 aromatic carbocycles. The van der Waals surface area contributed by atoms with Crippen molar-refractivity contribution in [2.45, 2.75) is 27.7 Å². The molecule has 0 saturated carbocycles. The highest BCUT2D eigenvalue weighted by molar-refractivity contribution is 5.77. The third-order valence-corrected chi connectivity index (χ3v) is 3.66. The lowest BCUT2D eigenvalue weighted by Crippen LogP contribution is -2.28. The van der Waals surface area contributed by atoms with Crippen molar-refractivity contribution in [2.75, 3.05) is 11.9 Å². The topological polar surface area (TPSA) is 40.7 Å². The van der Waals surface area contributed by atoms with Gasteiger partial charge in [0.1, 0.15) is 0 Å². The van der Waals surface area contributed by atoms with Crippen LogP contribution in [0, 0.1) is 11.3 Å². The Labute approximate surface area is 103 Å². The zero-order valence-electron chi connectivity index (χ0n) is 11.0. The van der Waals surface area contributed by atoms with E-state index in [1.54, 1.807) is 0 Å². The molecule has 17 heavy (non-hydrogen) atoms. The van der Waals surface area contributed by atoms with Gasteiger partial charge in [0.05, 0.1) is 11.0 Å². The molecular formula is C14H21N3. The van der Waals surface area contributed by atoms with Crippen molar-refractivity contribution in [3.05, 3.63) is 24.3 Å². The fourth-order valence-corrected chi connectivity index (χ4v) is 1.55. The van der Waals surface area contributed by atoms with Gasteiger partial charge >= 0.3 is 0 Å². The monoisotopic (exact) mass is 231 g/mol. The van der Waals surface area contributed by atoms with E-state index in [9.17, 15) is 0 Å².